The summed E-state index contributed by atoms with van der Waals surface area (Å²) in [6.07, 6.45) is 0. The monoisotopic (exact) mass is 350 g/mol. The van der Waals surface area contributed by atoms with E-state index in [2.05, 4.69) is 31.9 Å². The number of benzene rings is 1. The molecule has 88 valence electrons. The Labute approximate surface area is 111 Å². The number of carbonyl (C=O) groups excluding carboxylic acids is 1. The van der Waals surface area contributed by atoms with Crippen molar-refractivity contribution in [2.24, 2.45) is 0 Å². The van der Waals surface area contributed by atoms with Gasteiger partial charge in [0.05, 0.1) is 24.6 Å². The lowest BCUT2D eigenvalue weighted by atomic mass is 10.1. The van der Waals surface area contributed by atoms with Crippen molar-refractivity contribution in [3.05, 3.63) is 22.2 Å². The summed E-state index contributed by atoms with van der Waals surface area (Å²) in [5.74, 6) is 1.11. The third kappa shape index (κ3) is 2.77. The van der Waals surface area contributed by atoms with E-state index in [1.807, 2.05) is 0 Å². The van der Waals surface area contributed by atoms with Crippen LogP contribution in [0.25, 0.3) is 0 Å². The number of alkyl halides is 1. The number of Topliss-reactive ketones (excluding diaryl/α,β-unsaturated/α-hetero) is 1. The first-order valence-electron chi connectivity index (χ1n) is 4.61. The highest BCUT2D eigenvalue weighted by molar-refractivity contribution is 9.10. The summed E-state index contributed by atoms with van der Waals surface area (Å²) in [4.78, 5) is 11.7. The molecule has 0 radical (unpaired) electrons. The average Bonchev–Trinajstić information content (AvgIpc) is 2.26. The molecule has 0 N–H and O–H groups in total. The number of methoxy groups -OCH3 is 2. The molecule has 0 saturated carbocycles. The maximum Gasteiger partial charge on any atom is 0.181 e. The molecule has 1 unspecified atom stereocenters. The van der Waals surface area contributed by atoms with Crippen LogP contribution in [0.15, 0.2) is 16.6 Å². The lowest BCUT2D eigenvalue weighted by molar-refractivity contribution is 0.0992. The molecule has 0 aliphatic heterocycles. The summed E-state index contributed by atoms with van der Waals surface area (Å²) in [5, 5.41) is 0. The molecule has 0 fully saturated rings. The number of halogens is 2. The van der Waals surface area contributed by atoms with Crippen molar-refractivity contribution in [1.29, 1.82) is 0 Å². The van der Waals surface area contributed by atoms with E-state index in [1.165, 1.54) is 7.11 Å². The molecule has 0 bridgehead atoms. The van der Waals surface area contributed by atoms with E-state index in [4.69, 9.17) is 9.47 Å². The van der Waals surface area contributed by atoms with Gasteiger partial charge in [-0.3, -0.25) is 4.79 Å². The van der Waals surface area contributed by atoms with E-state index in [9.17, 15) is 4.79 Å². The van der Waals surface area contributed by atoms with Crippen LogP contribution in [0.1, 0.15) is 17.3 Å². The predicted molar refractivity (Wildman–Crippen MR) is 70.0 cm³/mol. The first-order valence-corrected chi connectivity index (χ1v) is 6.32. The van der Waals surface area contributed by atoms with Crippen LogP contribution >= 0.6 is 31.9 Å². The zero-order valence-corrected chi connectivity index (χ0v) is 12.4. The van der Waals surface area contributed by atoms with Crippen molar-refractivity contribution in [2.75, 3.05) is 14.2 Å². The molecule has 0 aliphatic carbocycles. The van der Waals surface area contributed by atoms with E-state index >= 15 is 0 Å². The summed E-state index contributed by atoms with van der Waals surface area (Å²) < 4.78 is 11.0. The fraction of sp³-hybridized carbons (Fsp3) is 0.364. The van der Waals surface area contributed by atoms with Gasteiger partial charge in [-0.2, -0.15) is 0 Å². The second-order valence-electron chi connectivity index (χ2n) is 3.17. The molecule has 0 heterocycles. The minimum absolute atomic E-state index is 0.0358. The van der Waals surface area contributed by atoms with Gasteiger partial charge in [-0.15, -0.1) is 0 Å². The lowest BCUT2D eigenvalue weighted by Gasteiger charge is -2.12. The van der Waals surface area contributed by atoms with Gasteiger partial charge in [-0.1, -0.05) is 15.9 Å². The summed E-state index contributed by atoms with van der Waals surface area (Å²) in [5.41, 5.74) is 0.521. The van der Waals surface area contributed by atoms with Gasteiger partial charge in [0.1, 0.15) is 11.5 Å². The minimum Gasteiger partial charge on any atom is -0.497 e. The van der Waals surface area contributed by atoms with Gasteiger partial charge in [0, 0.05) is 10.5 Å². The normalized spacial score (nSPS) is 12.1. The molecule has 5 heteroatoms. The van der Waals surface area contributed by atoms with Gasteiger partial charge >= 0.3 is 0 Å². The maximum atomic E-state index is 11.9. The Hall–Kier alpha value is -0.550. The van der Waals surface area contributed by atoms with Crippen LogP contribution in [0, 0.1) is 0 Å². The molecule has 1 aromatic rings. The van der Waals surface area contributed by atoms with Crippen LogP contribution in [-0.4, -0.2) is 24.8 Å². The zero-order chi connectivity index (χ0) is 12.3. The van der Waals surface area contributed by atoms with Gasteiger partial charge in [-0.25, -0.2) is 0 Å². The fourth-order valence-corrected chi connectivity index (χ4v) is 2.12. The van der Waals surface area contributed by atoms with Crippen LogP contribution in [0.2, 0.25) is 0 Å². The summed E-state index contributed by atoms with van der Waals surface area (Å²) in [6.45, 7) is 1.78. The quantitative estimate of drug-likeness (QED) is 0.615. The average molecular weight is 352 g/mol. The zero-order valence-electron chi connectivity index (χ0n) is 9.21. The second-order valence-corrected chi connectivity index (χ2v) is 5.39. The molecule has 0 aliphatic rings. The lowest BCUT2D eigenvalue weighted by Crippen LogP contribution is -2.12. The number of ether oxygens (including phenoxy) is 2. The Morgan fingerprint density at radius 2 is 1.94 bits per heavy atom. The summed E-state index contributed by atoms with van der Waals surface area (Å²) in [7, 11) is 3.09. The van der Waals surface area contributed by atoms with E-state index < -0.39 is 0 Å². The Morgan fingerprint density at radius 3 is 2.38 bits per heavy atom. The van der Waals surface area contributed by atoms with Gasteiger partial charge in [0.25, 0.3) is 0 Å². The summed E-state index contributed by atoms with van der Waals surface area (Å²) >= 11 is 6.60. The standard InChI is InChI=1S/C11H12Br2O3/c1-6(12)11(14)10-8(13)4-7(15-2)5-9(10)16-3/h4-6H,1-3H3. The number of ketones is 1. The minimum atomic E-state index is -0.258. The van der Waals surface area contributed by atoms with Crippen molar-refractivity contribution in [1.82, 2.24) is 0 Å². The van der Waals surface area contributed by atoms with Crippen LogP contribution in [-0.2, 0) is 0 Å². The van der Waals surface area contributed by atoms with Crippen molar-refractivity contribution in [2.45, 2.75) is 11.8 Å². The Morgan fingerprint density at radius 1 is 1.31 bits per heavy atom. The van der Waals surface area contributed by atoms with E-state index in [1.54, 1.807) is 26.2 Å². The van der Waals surface area contributed by atoms with Gasteiger partial charge in [-0.05, 0) is 28.9 Å². The molecule has 1 rings (SSSR count). The van der Waals surface area contributed by atoms with Crippen molar-refractivity contribution in [3.63, 3.8) is 0 Å². The molecule has 0 amide bonds. The van der Waals surface area contributed by atoms with Gasteiger partial charge < -0.3 is 9.47 Å². The first kappa shape index (κ1) is 13.5. The van der Waals surface area contributed by atoms with Crippen molar-refractivity contribution < 1.29 is 14.3 Å². The van der Waals surface area contributed by atoms with Crippen LogP contribution < -0.4 is 9.47 Å². The molecule has 1 aromatic carbocycles. The smallest absolute Gasteiger partial charge is 0.181 e. The van der Waals surface area contributed by atoms with E-state index in [0.717, 1.165) is 0 Å². The topological polar surface area (TPSA) is 35.5 Å². The highest BCUT2D eigenvalue weighted by atomic mass is 79.9. The van der Waals surface area contributed by atoms with Crippen LogP contribution in [0.5, 0.6) is 11.5 Å². The highest BCUT2D eigenvalue weighted by Crippen LogP contribution is 2.33. The molecule has 0 spiro atoms. The number of rotatable bonds is 4. The number of hydrogen-bond donors (Lipinski definition) is 0. The molecule has 1 atom stereocenters. The SMILES string of the molecule is COc1cc(Br)c(C(=O)C(C)Br)c(OC)c1. The van der Waals surface area contributed by atoms with Gasteiger partial charge in [0.15, 0.2) is 5.78 Å². The molecule has 0 aromatic heterocycles. The molecule has 16 heavy (non-hydrogen) atoms. The fourth-order valence-electron chi connectivity index (χ4n) is 1.27. The Kier molecular flexibility index (Phi) is 4.80. The second kappa shape index (κ2) is 5.68. The predicted octanol–water partition coefficient (Wildman–Crippen LogP) is 3.43. The van der Waals surface area contributed by atoms with Crippen LogP contribution in [0.3, 0.4) is 0 Å². The number of carbonyl (C=O) groups is 1. The molecular weight excluding hydrogens is 340 g/mol. The molecular formula is C11H12Br2O3. The highest BCUT2D eigenvalue weighted by Gasteiger charge is 2.21. The van der Waals surface area contributed by atoms with E-state index in [-0.39, 0.29) is 10.6 Å². The third-order valence-corrected chi connectivity index (χ3v) is 3.13. The summed E-state index contributed by atoms with van der Waals surface area (Å²) in [6, 6.07) is 3.43. The van der Waals surface area contributed by atoms with Crippen molar-refractivity contribution in [3.8, 4) is 11.5 Å². The maximum absolute atomic E-state index is 11.9. The van der Waals surface area contributed by atoms with Gasteiger partial charge in [0.2, 0.25) is 0 Å². The third-order valence-electron chi connectivity index (χ3n) is 2.09. The van der Waals surface area contributed by atoms with Crippen molar-refractivity contribution >= 4 is 37.6 Å². The Bertz CT molecular complexity index is 402. The number of hydrogen-bond acceptors (Lipinski definition) is 3. The van der Waals surface area contributed by atoms with E-state index in [0.29, 0.717) is 21.5 Å². The largest absolute Gasteiger partial charge is 0.497 e. The van der Waals surface area contributed by atoms with Crippen LogP contribution in [0.4, 0.5) is 0 Å². The Balaban J connectivity index is 3.32. The molecule has 3 nitrogen and oxygen atoms in total. The molecule has 0 saturated heterocycles. The first-order chi connectivity index (χ1) is 7.51.